The number of fused-ring (bicyclic) bond motifs is 1. The first-order valence-electron chi connectivity index (χ1n) is 13.4. The monoisotopic (exact) mass is 610 g/mol. The van der Waals surface area contributed by atoms with Gasteiger partial charge < -0.3 is 25.0 Å². The Morgan fingerprint density at radius 3 is 2.65 bits per heavy atom. The highest BCUT2D eigenvalue weighted by Crippen LogP contribution is 2.34. The maximum Gasteiger partial charge on any atom is 0.320 e. The van der Waals surface area contributed by atoms with E-state index in [1.54, 1.807) is 13.0 Å². The number of nitrogens with zero attached hydrogens (tertiary/aromatic N) is 4. The van der Waals surface area contributed by atoms with Crippen LogP contribution in [0, 0.1) is 0 Å². The molecule has 10 nitrogen and oxygen atoms in total. The molecule has 0 bridgehead atoms. The Hall–Kier alpha value is -3.54. The van der Waals surface area contributed by atoms with Gasteiger partial charge in [-0.05, 0) is 50.6 Å². The first kappa shape index (κ1) is 29.4. The summed E-state index contributed by atoms with van der Waals surface area (Å²) in [4.78, 5) is 37.5. The van der Waals surface area contributed by atoms with Crippen LogP contribution in [0.25, 0.3) is 10.9 Å². The summed E-state index contributed by atoms with van der Waals surface area (Å²) in [5, 5.41) is 7.02. The molecule has 40 heavy (non-hydrogen) atoms. The fourth-order valence-electron chi connectivity index (χ4n) is 4.46. The van der Waals surface area contributed by atoms with Crippen molar-refractivity contribution >= 4 is 55.9 Å². The van der Waals surface area contributed by atoms with Crippen molar-refractivity contribution in [2.75, 3.05) is 63.1 Å². The Balaban J connectivity index is 1.41. The summed E-state index contributed by atoms with van der Waals surface area (Å²) in [5.41, 5.74) is 2.12. The van der Waals surface area contributed by atoms with E-state index in [1.165, 1.54) is 12.4 Å². The van der Waals surface area contributed by atoms with Crippen molar-refractivity contribution in [1.82, 2.24) is 19.8 Å². The summed E-state index contributed by atoms with van der Waals surface area (Å²) in [6, 6.07) is 11.5. The predicted octanol–water partition coefficient (Wildman–Crippen LogP) is 4.60. The fourth-order valence-corrected chi connectivity index (χ4v) is 4.86. The van der Waals surface area contributed by atoms with Gasteiger partial charge >= 0.3 is 5.97 Å². The Kier molecular flexibility index (Phi) is 10.8. The SMILES string of the molecule is CC=CC(=O)Nc1cc2c(Nc3cccc(Br)c3)ncnc2cc1OCCCN1CCN(CC(=O)OCC)CC1. The molecule has 212 valence electrons. The average Bonchev–Trinajstić information content (AvgIpc) is 2.93. The number of anilines is 3. The Bertz CT molecular complexity index is 1340. The zero-order chi connectivity index (χ0) is 28.3. The molecule has 0 saturated carbocycles. The van der Waals surface area contributed by atoms with Crippen molar-refractivity contribution in [2.24, 2.45) is 0 Å². The van der Waals surface area contributed by atoms with Crippen molar-refractivity contribution < 1.29 is 19.1 Å². The van der Waals surface area contributed by atoms with Crippen LogP contribution >= 0.6 is 15.9 Å². The van der Waals surface area contributed by atoms with Gasteiger partial charge in [0.25, 0.3) is 0 Å². The Morgan fingerprint density at radius 1 is 1.10 bits per heavy atom. The molecule has 1 saturated heterocycles. The lowest BCUT2D eigenvalue weighted by atomic mass is 10.1. The molecule has 1 aliphatic rings. The Morgan fingerprint density at radius 2 is 1.90 bits per heavy atom. The van der Waals surface area contributed by atoms with Crippen molar-refractivity contribution in [3.05, 3.63) is 59.4 Å². The maximum absolute atomic E-state index is 12.4. The maximum atomic E-state index is 12.4. The number of benzene rings is 2. The molecule has 4 rings (SSSR count). The number of hydrogen-bond acceptors (Lipinski definition) is 9. The van der Waals surface area contributed by atoms with Crippen molar-refractivity contribution in [3.8, 4) is 5.75 Å². The minimum absolute atomic E-state index is 0.168. The van der Waals surface area contributed by atoms with Crippen LogP contribution in [-0.4, -0.2) is 84.1 Å². The lowest BCUT2D eigenvalue weighted by Crippen LogP contribution is -2.48. The number of aromatic nitrogens is 2. The minimum atomic E-state index is -0.245. The molecule has 0 radical (unpaired) electrons. The van der Waals surface area contributed by atoms with Gasteiger partial charge in [0.15, 0.2) is 0 Å². The van der Waals surface area contributed by atoms with Gasteiger partial charge in [0.05, 0.1) is 31.0 Å². The molecular weight excluding hydrogens is 576 g/mol. The van der Waals surface area contributed by atoms with E-state index >= 15 is 0 Å². The number of ether oxygens (including phenoxy) is 2. The van der Waals surface area contributed by atoms with Crippen molar-refractivity contribution in [3.63, 3.8) is 0 Å². The Labute approximate surface area is 242 Å². The molecule has 0 atom stereocenters. The minimum Gasteiger partial charge on any atom is -0.491 e. The van der Waals surface area contributed by atoms with Crippen LogP contribution in [0.1, 0.15) is 20.3 Å². The van der Waals surface area contributed by atoms with Gasteiger partial charge in [-0.3, -0.25) is 14.5 Å². The highest BCUT2D eigenvalue weighted by molar-refractivity contribution is 9.10. The number of rotatable bonds is 12. The van der Waals surface area contributed by atoms with Crippen LogP contribution in [0.3, 0.4) is 0 Å². The molecule has 3 aromatic rings. The fraction of sp³-hybridized carbons (Fsp3) is 0.379. The summed E-state index contributed by atoms with van der Waals surface area (Å²) < 4.78 is 12.2. The zero-order valence-corrected chi connectivity index (χ0v) is 24.4. The molecule has 0 unspecified atom stereocenters. The number of hydrogen-bond donors (Lipinski definition) is 2. The predicted molar refractivity (Wildman–Crippen MR) is 160 cm³/mol. The van der Waals surface area contributed by atoms with Crippen LogP contribution in [0.2, 0.25) is 0 Å². The van der Waals surface area contributed by atoms with E-state index < -0.39 is 0 Å². The number of amides is 1. The van der Waals surface area contributed by atoms with Gasteiger partial charge in [-0.1, -0.05) is 28.1 Å². The number of carbonyl (C=O) groups is 2. The largest absolute Gasteiger partial charge is 0.491 e. The van der Waals surface area contributed by atoms with Crippen LogP contribution in [0.15, 0.2) is 59.4 Å². The van der Waals surface area contributed by atoms with E-state index in [2.05, 4.69) is 46.3 Å². The number of halogens is 1. The summed E-state index contributed by atoms with van der Waals surface area (Å²) in [6.45, 7) is 9.19. The normalized spacial score (nSPS) is 14.4. The van der Waals surface area contributed by atoms with E-state index in [0.717, 1.165) is 54.7 Å². The summed E-state index contributed by atoms with van der Waals surface area (Å²) in [6.07, 6.45) is 5.48. The van der Waals surface area contributed by atoms with E-state index in [4.69, 9.17) is 9.47 Å². The third-order valence-electron chi connectivity index (χ3n) is 6.40. The van der Waals surface area contributed by atoms with E-state index in [1.807, 2.05) is 43.3 Å². The highest BCUT2D eigenvalue weighted by atomic mass is 79.9. The molecule has 1 amide bonds. The third-order valence-corrected chi connectivity index (χ3v) is 6.89. The number of piperazine rings is 1. The van der Waals surface area contributed by atoms with Gasteiger partial charge in [-0.2, -0.15) is 0 Å². The first-order valence-corrected chi connectivity index (χ1v) is 14.2. The van der Waals surface area contributed by atoms with Crippen molar-refractivity contribution in [1.29, 1.82) is 0 Å². The van der Waals surface area contributed by atoms with Gasteiger partial charge in [0.2, 0.25) is 5.91 Å². The van der Waals surface area contributed by atoms with Crippen LogP contribution in [0.4, 0.5) is 17.2 Å². The number of nitrogens with one attached hydrogen (secondary N) is 2. The van der Waals surface area contributed by atoms with Gasteiger partial charge in [-0.15, -0.1) is 0 Å². The second kappa shape index (κ2) is 14.7. The van der Waals surface area contributed by atoms with Crippen molar-refractivity contribution in [2.45, 2.75) is 20.3 Å². The smallest absolute Gasteiger partial charge is 0.320 e. The lowest BCUT2D eigenvalue weighted by Gasteiger charge is -2.34. The lowest BCUT2D eigenvalue weighted by molar-refractivity contribution is -0.144. The van der Waals surface area contributed by atoms with Crippen LogP contribution < -0.4 is 15.4 Å². The second-order valence-corrected chi connectivity index (χ2v) is 10.3. The molecule has 1 fully saturated rings. The standard InChI is InChI=1S/C29H35BrN6O4/c1-3-7-27(37)34-25-17-23-24(31-20-32-29(23)33-22-9-5-8-21(30)16-22)18-26(25)40-15-6-10-35-11-13-36(14-12-35)19-28(38)39-4-2/h3,5,7-9,16-18,20H,4,6,10-15,19H2,1-2H3,(H,34,37)(H,31,32,33). The molecule has 2 N–H and O–H groups in total. The van der Waals surface area contributed by atoms with Crippen LogP contribution in [0.5, 0.6) is 5.75 Å². The summed E-state index contributed by atoms with van der Waals surface area (Å²) in [5.74, 6) is 0.763. The third kappa shape index (κ3) is 8.48. The van der Waals surface area contributed by atoms with E-state index in [-0.39, 0.29) is 11.9 Å². The first-order chi connectivity index (χ1) is 19.4. The number of carbonyl (C=O) groups excluding carboxylic acids is 2. The molecule has 1 aromatic heterocycles. The topological polar surface area (TPSA) is 109 Å². The second-order valence-electron chi connectivity index (χ2n) is 9.34. The molecule has 11 heteroatoms. The molecule has 2 heterocycles. The van der Waals surface area contributed by atoms with E-state index in [0.29, 0.717) is 42.5 Å². The van der Waals surface area contributed by atoms with Crippen LogP contribution in [-0.2, 0) is 14.3 Å². The molecule has 0 spiro atoms. The molecule has 2 aromatic carbocycles. The number of esters is 1. The zero-order valence-electron chi connectivity index (χ0n) is 22.9. The highest BCUT2D eigenvalue weighted by Gasteiger charge is 2.19. The molecule has 1 aliphatic heterocycles. The summed E-state index contributed by atoms with van der Waals surface area (Å²) in [7, 11) is 0. The quantitative estimate of drug-likeness (QED) is 0.173. The van der Waals surface area contributed by atoms with E-state index in [9.17, 15) is 9.59 Å². The summed E-state index contributed by atoms with van der Waals surface area (Å²) >= 11 is 3.49. The van der Waals surface area contributed by atoms with Gasteiger partial charge in [0.1, 0.15) is 17.9 Å². The van der Waals surface area contributed by atoms with Gasteiger partial charge in [0, 0.05) is 54.3 Å². The molecular formula is C29H35BrN6O4. The van der Waals surface area contributed by atoms with Gasteiger partial charge in [-0.25, -0.2) is 9.97 Å². The number of allylic oxidation sites excluding steroid dienone is 1. The average molecular weight is 612 g/mol. The molecule has 0 aliphatic carbocycles.